The normalized spacial score (nSPS) is 12.5. The lowest BCUT2D eigenvalue weighted by Gasteiger charge is -2.16. The van der Waals surface area contributed by atoms with Gasteiger partial charge in [-0.3, -0.25) is 4.98 Å². The summed E-state index contributed by atoms with van der Waals surface area (Å²) in [7, 11) is 0. The van der Waals surface area contributed by atoms with E-state index in [2.05, 4.69) is 29.4 Å². The van der Waals surface area contributed by atoms with E-state index >= 15 is 0 Å². The second-order valence-electron chi connectivity index (χ2n) is 4.82. The number of aryl methyl sites for hydroxylation is 4. The molecule has 2 heterocycles. The molecule has 0 bridgehead atoms. The van der Waals surface area contributed by atoms with Crippen LogP contribution in [-0.2, 0) is 0 Å². The fourth-order valence-corrected chi connectivity index (χ4v) is 2.23. The molecule has 0 fully saturated rings. The standard InChI is InChI=1S/C15H20N2O/c1-9-6-7-15(12(4)16-9)17-11(3)14-8-10(2)18-13(14)5/h6-8,11,17H,1-5H3. The molecule has 0 saturated heterocycles. The zero-order valence-corrected chi connectivity index (χ0v) is 11.7. The highest BCUT2D eigenvalue weighted by Crippen LogP contribution is 2.25. The summed E-state index contributed by atoms with van der Waals surface area (Å²) >= 11 is 0. The summed E-state index contributed by atoms with van der Waals surface area (Å²) < 4.78 is 5.57. The van der Waals surface area contributed by atoms with E-state index in [0.29, 0.717) is 0 Å². The van der Waals surface area contributed by atoms with Gasteiger partial charge in [-0.25, -0.2) is 0 Å². The smallest absolute Gasteiger partial charge is 0.106 e. The molecule has 0 radical (unpaired) electrons. The minimum absolute atomic E-state index is 0.214. The molecule has 96 valence electrons. The van der Waals surface area contributed by atoms with Crippen molar-refractivity contribution < 1.29 is 4.42 Å². The molecule has 3 nitrogen and oxygen atoms in total. The van der Waals surface area contributed by atoms with E-state index in [0.717, 1.165) is 28.6 Å². The summed E-state index contributed by atoms with van der Waals surface area (Å²) in [5.41, 5.74) is 4.35. The molecular formula is C15H20N2O. The van der Waals surface area contributed by atoms with Gasteiger partial charge in [0, 0.05) is 11.3 Å². The Hall–Kier alpha value is -1.77. The van der Waals surface area contributed by atoms with Crippen molar-refractivity contribution in [3.8, 4) is 0 Å². The SMILES string of the molecule is Cc1ccc(NC(C)c2cc(C)oc2C)c(C)n1. The molecule has 2 rings (SSSR count). The minimum atomic E-state index is 0.214. The van der Waals surface area contributed by atoms with E-state index in [1.165, 1.54) is 5.56 Å². The largest absolute Gasteiger partial charge is 0.466 e. The number of hydrogen-bond donors (Lipinski definition) is 1. The van der Waals surface area contributed by atoms with Crippen LogP contribution in [0, 0.1) is 27.7 Å². The molecule has 0 saturated carbocycles. The van der Waals surface area contributed by atoms with Crippen molar-refractivity contribution in [2.24, 2.45) is 0 Å². The summed E-state index contributed by atoms with van der Waals surface area (Å²) in [5, 5.41) is 3.49. The average molecular weight is 244 g/mol. The Bertz CT molecular complexity index is 558. The fraction of sp³-hybridized carbons (Fsp3) is 0.400. The number of nitrogens with one attached hydrogen (secondary N) is 1. The number of rotatable bonds is 3. The van der Waals surface area contributed by atoms with Crippen LogP contribution < -0.4 is 5.32 Å². The van der Waals surface area contributed by atoms with Gasteiger partial charge in [0.05, 0.1) is 17.4 Å². The van der Waals surface area contributed by atoms with Crippen LogP contribution in [-0.4, -0.2) is 4.98 Å². The maximum Gasteiger partial charge on any atom is 0.106 e. The lowest BCUT2D eigenvalue weighted by atomic mass is 10.1. The maximum absolute atomic E-state index is 5.57. The third kappa shape index (κ3) is 2.55. The van der Waals surface area contributed by atoms with Crippen LogP contribution in [0.25, 0.3) is 0 Å². The number of anilines is 1. The molecule has 1 atom stereocenters. The van der Waals surface area contributed by atoms with E-state index in [1.54, 1.807) is 0 Å². The summed E-state index contributed by atoms with van der Waals surface area (Å²) in [4.78, 5) is 4.46. The van der Waals surface area contributed by atoms with E-state index in [9.17, 15) is 0 Å². The number of pyridine rings is 1. The molecule has 1 unspecified atom stereocenters. The van der Waals surface area contributed by atoms with Crippen LogP contribution in [0.2, 0.25) is 0 Å². The predicted molar refractivity (Wildman–Crippen MR) is 73.9 cm³/mol. The van der Waals surface area contributed by atoms with Crippen LogP contribution in [0.5, 0.6) is 0 Å². The number of nitrogens with zero attached hydrogens (tertiary/aromatic N) is 1. The van der Waals surface area contributed by atoms with Crippen molar-refractivity contribution >= 4 is 5.69 Å². The lowest BCUT2D eigenvalue weighted by Crippen LogP contribution is -2.08. The van der Waals surface area contributed by atoms with Crippen LogP contribution in [0.1, 0.15) is 41.4 Å². The van der Waals surface area contributed by atoms with Gasteiger partial charge in [-0.1, -0.05) is 0 Å². The quantitative estimate of drug-likeness (QED) is 0.884. The monoisotopic (exact) mass is 244 g/mol. The highest BCUT2D eigenvalue weighted by molar-refractivity contribution is 5.49. The molecule has 0 aliphatic rings. The predicted octanol–water partition coefficient (Wildman–Crippen LogP) is 4.08. The Labute approximate surface area is 108 Å². The summed E-state index contributed by atoms with van der Waals surface area (Å²) in [6, 6.07) is 6.40. The Morgan fingerprint density at radius 1 is 1.17 bits per heavy atom. The molecule has 0 amide bonds. The van der Waals surface area contributed by atoms with Crippen LogP contribution in [0.3, 0.4) is 0 Å². The van der Waals surface area contributed by atoms with E-state index < -0.39 is 0 Å². The van der Waals surface area contributed by atoms with Crippen molar-refractivity contribution in [3.05, 3.63) is 46.7 Å². The van der Waals surface area contributed by atoms with Crippen LogP contribution in [0.15, 0.2) is 22.6 Å². The Morgan fingerprint density at radius 3 is 2.44 bits per heavy atom. The van der Waals surface area contributed by atoms with Gasteiger partial charge in [0.15, 0.2) is 0 Å². The number of aromatic nitrogens is 1. The van der Waals surface area contributed by atoms with Gasteiger partial charge >= 0.3 is 0 Å². The summed E-state index contributed by atoms with van der Waals surface area (Å²) in [5.74, 6) is 1.93. The summed E-state index contributed by atoms with van der Waals surface area (Å²) in [6.45, 7) is 10.1. The zero-order valence-electron chi connectivity index (χ0n) is 11.7. The average Bonchev–Trinajstić information content (AvgIpc) is 2.62. The molecule has 2 aromatic rings. The van der Waals surface area contributed by atoms with E-state index in [-0.39, 0.29) is 6.04 Å². The van der Waals surface area contributed by atoms with E-state index in [1.807, 2.05) is 33.8 Å². The molecule has 2 aromatic heterocycles. The number of furan rings is 1. The van der Waals surface area contributed by atoms with Crippen molar-refractivity contribution in [1.29, 1.82) is 0 Å². The minimum Gasteiger partial charge on any atom is -0.466 e. The van der Waals surface area contributed by atoms with Gasteiger partial charge in [0.1, 0.15) is 11.5 Å². The van der Waals surface area contributed by atoms with E-state index in [4.69, 9.17) is 4.42 Å². The van der Waals surface area contributed by atoms with Crippen molar-refractivity contribution in [2.75, 3.05) is 5.32 Å². The molecule has 0 aliphatic carbocycles. The van der Waals surface area contributed by atoms with Gasteiger partial charge in [-0.2, -0.15) is 0 Å². The molecule has 0 spiro atoms. The molecule has 18 heavy (non-hydrogen) atoms. The Morgan fingerprint density at radius 2 is 1.89 bits per heavy atom. The first-order valence-corrected chi connectivity index (χ1v) is 6.25. The second-order valence-corrected chi connectivity index (χ2v) is 4.82. The van der Waals surface area contributed by atoms with Crippen LogP contribution in [0.4, 0.5) is 5.69 Å². The van der Waals surface area contributed by atoms with Gasteiger partial charge in [-0.15, -0.1) is 0 Å². The van der Waals surface area contributed by atoms with Gasteiger partial charge < -0.3 is 9.73 Å². The van der Waals surface area contributed by atoms with Gasteiger partial charge in [0.25, 0.3) is 0 Å². The van der Waals surface area contributed by atoms with Crippen molar-refractivity contribution in [2.45, 2.75) is 40.7 Å². The highest BCUT2D eigenvalue weighted by Gasteiger charge is 2.13. The lowest BCUT2D eigenvalue weighted by molar-refractivity contribution is 0.500. The Kier molecular flexibility index (Phi) is 3.41. The third-order valence-electron chi connectivity index (χ3n) is 3.14. The second kappa shape index (κ2) is 4.84. The first-order valence-electron chi connectivity index (χ1n) is 6.25. The molecule has 1 N–H and O–H groups in total. The number of hydrogen-bond acceptors (Lipinski definition) is 3. The maximum atomic E-state index is 5.57. The third-order valence-corrected chi connectivity index (χ3v) is 3.14. The molecule has 0 aliphatic heterocycles. The Balaban J connectivity index is 2.21. The first-order chi connectivity index (χ1) is 8.47. The highest BCUT2D eigenvalue weighted by atomic mass is 16.3. The molecule has 3 heteroatoms. The van der Waals surface area contributed by atoms with Crippen molar-refractivity contribution in [3.63, 3.8) is 0 Å². The van der Waals surface area contributed by atoms with Gasteiger partial charge in [0.2, 0.25) is 0 Å². The molecule has 0 aromatic carbocycles. The first kappa shape index (κ1) is 12.7. The van der Waals surface area contributed by atoms with Gasteiger partial charge in [-0.05, 0) is 52.8 Å². The molecular weight excluding hydrogens is 224 g/mol. The summed E-state index contributed by atoms with van der Waals surface area (Å²) in [6.07, 6.45) is 0. The zero-order chi connectivity index (χ0) is 13.3. The van der Waals surface area contributed by atoms with Crippen molar-refractivity contribution in [1.82, 2.24) is 4.98 Å². The fourth-order valence-electron chi connectivity index (χ4n) is 2.23. The van der Waals surface area contributed by atoms with Crippen LogP contribution >= 0.6 is 0 Å². The topological polar surface area (TPSA) is 38.1 Å².